The normalized spacial score (nSPS) is 20.4. The van der Waals surface area contributed by atoms with E-state index in [0.717, 1.165) is 6.26 Å². The van der Waals surface area contributed by atoms with Crippen molar-refractivity contribution in [1.29, 1.82) is 0 Å². The summed E-state index contributed by atoms with van der Waals surface area (Å²) in [5.41, 5.74) is 0. The molecule has 1 aliphatic heterocycles. The van der Waals surface area contributed by atoms with Crippen molar-refractivity contribution in [2.75, 3.05) is 39.0 Å². The molecule has 3 N–H and O–H groups in total. The molecule has 0 aromatic carbocycles. The number of nitrogens with one attached hydrogen (secondary N) is 3. The molecule has 2 unspecified atom stereocenters. The number of sulfonamides is 1. The molecule has 0 radical (unpaired) electrons. The van der Waals surface area contributed by atoms with Crippen molar-refractivity contribution >= 4 is 15.9 Å². The van der Waals surface area contributed by atoms with Gasteiger partial charge in [-0.25, -0.2) is 13.1 Å². The fourth-order valence-electron chi connectivity index (χ4n) is 2.17. The summed E-state index contributed by atoms with van der Waals surface area (Å²) in [5, 5.41) is 5.12. The van der Waals surface area contributed by atoms with E-state index >= 15 is 0 Å². The van der Waals surface area contributed by atoms with Crippen LogP contribution in [0.2, 0.25) is 0 Å². The van der Waals surface area contributed by atoms with Crippen molar-refractivity contribution in [3.63, 3.8) is 0 Å². The summed E-state index contributed by atoms with van der Waals surface area (Å²) in [4.78, 5) is 13.0. The highest BCUT2D eigenvalue weighted by Gasteiger charge is 2.43. The van der Waals surface area contributed by atoms with Crippen molar-refractivity contribution in [2.45, 2.75) is 25.2 Å². The van der Waals surface area contributed by atoms with Crippen LogP contribution in [0.5, 0.6) is 0 Å². The number of amides is 1. The fourth-order valence-corrected chi connectivity index (χ4v) is 2.92. The minimum Gasteiger partial charge on any atom is -0.353 e. The number of piperazine rings is 1. The molecule has 1 amide bonds. The Hall–Kier alpha value is -0.910. The first kappa shape index (κ1) is 19.1. The number of halogens is 3. The van der Waals surface area contributed by atoms with Gasteiger partial charge in [-0.2, -0.15) is 13.2 Å². The van der Waals surface area contributed by atoms with Crippen LogP contribution in [0.4, 0.5) is 13.2 Å². The number of alkyl halides is 3. The Morgan fingerprint density at radius 2 is 1.86 bits per heavy atom. The molecule has 1 rings (SSSR count). The van der Waals surface area contributed by atoms with Crippen LogP contribution >= 0.6 is 0 Å². The van der Waals surface area contributed by atoms with Gasteiger partial charge in [0.05, 0.1) is 12.3 Å². The second kappa shape index (κ2) is 7.57. The Balaban J connectivity index is 2.61. The van der Waals surface area contributed by atoms with Crippen LogP contribution in [0.1, 0.15) is 6.92 Å². The molecule has 1 heterocycles. The van der Waals surface area contributed by atoms with Crippen LogP contribution in [0.15, 0.2) is 0 Å². The van der Waals surface area contributed by atoms with Crippen molar-refractivity contribution in [1.82, 2.24) is 20.3 Å². The highest BCUT2D eigenvalue weighted by molar-refractivity contribution is 7.88. The van der Waals surface area contributed by atoms with Gasteiger partial charge in [-0.1, -0.05) is 0 Å². The zero-order valence-electron chi connectivity index (χ0n) is 12.4. The van der Waals surface area contributed by atoms with E-state index in [9.17, 15) is 26.4 Å². The maximum absolute atomic E-state index is 13.1. The molecule has 0 aromatic heterocycles. The number of nitrogens with zero attached hydrogens (tertiary/aromatic N) is 1. The van der Waals surface area contributed by atoms with Crippen LogP contribution in [-0.2, 0) is 14.8 Å². The molecular weight excluding hydrogens is 325 g/mol. The first-order valence-electron chi connectivity index (χ1n) is 6.77. The van der Waals surface area contributed by atoms with Gasteiger partial charge in [-0.05, 0) is 6.92 Å². The summed E-state index contributed by atoms with van der Waals surface area (Å²) in [6, 6.07) is -2.92. The number of carbonyl (C=O) groups excluding carboxylic acids is 1. The highest BCUT2D eigenvalue weighted by Crippen LogP contribution is 2.24. The molecule has 130 valence electrons. The SMILES string of the molecule is CC(NS(C)(=O)=O)C(=O)NCC(N1CCNCC1)C(F)(F)F. The summed E-state index contributed by atoms with van der Waals surface area (Å²) in [5.74, 6) is -0.796. The van der Waals surface area contributed by atoms with Crippen molar-refractivity contribution in [3.05, 3.63) is 0 Å². The number of carbonyl (C=O) groups is 1. The third-order valence-electron chi connectivity index (χ3n) is 3.22. The fraction of sp³-hybridized carbons (Fsp3) is 0.909. The summed E-state index contributed by atoms with van der Waals surface area (Å²) in [6.45, 7) is 2.02. The summed E-state index contributed by atoms with van der Waals surface area (Å²) in [6.07, 6.45) is -3.60. The lowest BCUT2D eigenvalue weighted by Crippen LogP contribution is -2.58. The first-order chi connectivity index (χ1) is 10.0. The second-order valence-corrected chi connectivity index (χ2v) is 6.98. The van der Waals surface area contributed by atoms with Crippen LogP contribution < -0.4 is 15.4 Å². The molecular formula is C11H21F3N4O3S. The minimum absolute atomic E-state index is 0.233. The molecule has 2 atom stereocenters. The molecule has 1 saturated heterocycles. The molecule has 22 heavy (non-hydrogen) atoms. The van der Waals surface area contributed by atoms with Gasteiger partial charge in [0.2, 0.25) is 15.9 Å². The largest absolute Gasteiger partial charge is 0.405 e. The highest BCUT2D eigenvalue weighted by atomic mass is 32.2. The maximum atomic E-state index is 13.1. The van der Waals surface area contributed by atoms with Gasteiger partial charge in [0.25, 0.3) is 0 Å². The monoisotopic (exact) mass is 346 g/mol. The molecule has 0 aromatic rings. The lowest BCUT2D eigenvalue weighted by molar-refractivity contribution is -0.184. The van der Waals surface area contributed by atoms with Crippen LogP contribution in [0.3, 0.4) is 0 Å². The van der Waals surface area contributed by atoms with Gasteiger partial charge >= 0.3 is 6.18 Å². The lowest BCUT2D eigenvalue weighted by Gasteiger charge is -2.36. The quantitative estimate of drug-likeness (QED) is 0.567. The molecule has 0 aliphatic carbocycles. The van der Waals surface area contributed by atoms with E-state index in [1.54, 1.807) is 0 Å². The number of rotatable bonds is 6. The van der Waals surface area contributed by atoms with E-state index in [1.165, 1.54) is 11.8 Å². The zero-order chi connectivity index (χ0) is 17.0. The predicted molar refractivity (Wildman–Crippen MR) is 74.7 cm³/mol. The number of hydrogen-bond donors (Lipinski definition) is 3. The molecule has 1 fully saturated rings. The molecule has 7 nitrogen and oxygen atoms in total. The average Bonchev–Trinajstić information content (AvgIpc) is 2.36. The van der Waals surface area contributed by atoms with Crippen LogP contribution in [0.25, 0.3) is 0 Å². The lowest BCUT2D eigenvalue weighted by atomic mass is 10.2. The molecule has 0 bridgehead atoms. The van der Waals surface area contributed by atoms with Gasteiger partial charge in [0.1, 0.15) is 6.04 Å². The Kier molecular flexibility index (Phi) is 6.59. The summed E-state index contributed by atoms with van der Waals surface area (Å²) >= 11 is 0. The van der Waals surface area contributed by atoms with Gasteiger partial charge in [-0.3, -0.25) is 9.69 Å². The van der Waals surface area contributed by atoms with Gasteiger partial charge in [0.15, 0.2) is 0 Å². The molecule has 0 spiro atoms. The first-order valence-corrected chi connectivity index (χ1v) is 8.66. The smallest absolute Gasteiger partial charge is 0.353 e. The Morgan fingerprint density at radius 3 is 2.32 bits per heavy atom. The summed E-state index contributed by atoms with van der Waals surface area (Å²) < 4.78 is 63.3. The molecule has 0 saturated carbocycles. The third-order valence-corrected chi connectivity index (χ3v) is 4.01. The van der Waals surface area contributed by atoms with Crippen LogP contribution in [0, 0.1) is 0 Å². The van der Waals surface area contributed by atoms with Crippen molar-refractivity contribution in [2.24, 2.45) is 0 Å². The van der Waals surface area contributed by atoms with Gasteiger partial charge in [-0.15, -0.1) is 0 Å². The van der Waals surface area contributed by atoms with E-state index in [2.05, 4.69) is 10.6 Å². The Bertz CT molecular complexity index is 477. The van der Waals surface area contributed by atoms with E-state index in [-0.39, 0.29) is 13.1 Å². The molecule has 1 aliphatic rings. The minimum atomic E-state index is -4.47. The van der Waals surface area contributed by atoms with Crippen LogP contribution in [-0.4, -0.2) is 76.5 Å². The van der Waals surface area contributed by atoms with E-state index < -0.39 is 40.7 Å². The van der Waals surface area contributed by atoms with Crippen molar-refractivity contribution < 1.29 is 26.4 Å². The average molecular weight is 346 g/mol. The maximum Gasteiger partial charge on any atom is 0.405 e. The summed E-state index contributed by atoms with van der Waals surface area (Å²) in [7, 11) is -3.61. The van der Waals surface area contributed by atoms with Crippen molar-refractivity contribution in [3.8, 4) is 0 Å². The zero-order valence-corrected chi connectivity index (χ0v) is 13.2. The predicted octanol–water partition coefficient (Wildman–Crippen LogP) is -1.12. The van der Waals surface area contributed by atoms with Gasteiger partial charge in [0, 0.05) is 32.7 Å². The van der Waals surface area contributed by atoms with Gasteiger partial charge < -0.3 is 10.6 Å². The standard InChI is InChI=1S/C11H21F3N4O3S/c1-8(17-22(2,20)21)10(19)16-7-9(11(12,13)14)18-5-3-15-4-6-18/h8-9,15,17H,3-7H2,1-2H3,(H,16,19). The third kappa shape index (κ3) is 6.46. The Morgan fingerprint density at radius 1 is 1.32 bits per heavy atom. The van der Waals surface area contributed by atoms with E-state index in [1.807, 2.05) is 4.72 Å². The van der Waals surface area contributed by atoms with E-state index in [0.29, 0.717) is 13.1 Å². The number of hydrogen-bond acceptors (Lipinski definition) is 5. The molecule has 11 heteroatoms. The Labute approximate surface area is 127 Å². The second-order valence-electron chi connectivity index (χ2n) is 5.20. The van der Waals surface area contributed by atoms with E-state index in [4.69, 9.17) is 0 Å². The topological polar surface area (TPSA) is 90.5 Å².